The van der Waals surface area contributed by atoms with Gasteiger partial charge < -0.3 is 0 Å². The fourth-order valence-electron chi connectivity index (χ4n) is 2.71. The van der Waals surface area contributed by atoms with Gasteiger partial charge in [-0.3, -0.25) is 9.47 Å². The summed E-state index contributed by atoms with van der Waals surface area (Å²) in [6.07, 6.45) is 4.37. The van der Waals surface area contributed by atoms with Crippen molar-refractivity contribution >= 4 is 23.6 Å². The Kier molecular flexibility index (Phi) is 4.11. The SMILES string of the molecule is S=c1n(-c2ccccc2)cnn1CN(Cc1cccs1)C1CC1. The summed E-state index contributed by atoms with van der Waals surface area (Å²) in [5.74, 6) is 0. The molecule has 3 aromatic rings. The first-order valence-corrected chi connectivity index (χ1v) is 9.06. The molecule has 118 valence electrons. The van der Waals surface area contributed by atoms with Gasteiger partial charge in [0.25, 0.3) is 0 Å². The first-order chi connectivity index (χ1) is 11.3. The summed E-state index contributed by atoms with van der Waals surface area (Å²) in [5, 5.41) is 6.64. The lowest BCUT2D eigenvalue weighted by molar-refractivity contribution is 0.188. The highest BCUT2D eigenvalue weighted by atomic mass is 32.1. The van der Waals surface area contributed by atoms with Gasteiger partial charge in [0.05, 0.1) is 6.67 Å². The van der Waals surface area contributed by atoms with Crippen LogP contribution in [0.1, 0.15) is 17.7 Å². The lowest BCUT2D eigenvalue weighted by Gasteiger charge is -2.20. The summed E-state index contributed by atoms with van der Waals surface area (Å²) in [6, 6.07) is 15.1. The highest BCUT2D eigenvalue weighted by Crippen LogP contribution is 2.29. The standard InChI is InChI=1S/C17H18N4S2/c22-17-20(15-5-2-1-3-6-15)12-18-21(17)13-19(14-8-9-14)11-16-7-4-10-23-16/h1-7,10,12,14H,8-9,11,13H2. The summed E-state index contributed by atoms with van der Waals surface area (Å²) >= 11 is 7.43. The van der Waals surface area contributed by atoms with E-state index >= 15 is 0 Å². The maximum Gasteiger partial charge on any atom is 0.203 e. The molecule has 0 spiro atoms. The Balaban J connectivity index is 1.56. The third-order valence-electron chi connectivity index (χ3n) is 4.09. The van der Waals surface area contributed by atoms with Crippen LogP contribution >= 0.6 is 23.6 Å². The Morgan fingerprint density at radius 2 is 2.00 bits per heavy atom. The molecule has 0 saturated heterocycles. The van der Waals surface area contributed by atoms with Crippen LogP contribution in [0, 0.1) is 4.77 Å². The molecule has 0 atom stereocenters. The summed E-state index contributed by atoms with van der Waals surface area (Å²) < 4.78 is 4.63. The van der Waals surface area contributed by atoms with Gasteiger partial charge in [-0.2, -0.15) is 5.10 Å². The van der Waals surface area contributed by atoms with E-state index in [0.717, 1.165) is 23.7 Å². The second-order valence-electron chi connectivity index (χ2n) is 5.82. The molecule has 0 amide bonds. The van der Waals surface area contributed by atoms with Crippen molar-refractivity contribution in [2.75, 3.05) is 0 Å². The van der Waals surface area contributed by atoms with Crippen LogP contribution in [0.15, 0.2) is 54.2 Å². The molecular weight excluding hydrogens is 324 g/mol. The lowest BCUT2D eigenvalue weighted by Crippen LogP contribution is -2.28. The van der Waals surface area contributed by atoms with E-state index in [4.69, 9.17) is 12.2 Å². The number of hydrogen-bond donors (Lipinski definition) is 0. The minimum Gasteiger partial charge on any atom is -0.276 e. The van der Waals surface area contributed by atoms with Gasteiger partial charge in [-0.15, -0.1) is 11.3 Å². The van der Waals surface area contributed by atoms with E-state index in [2.05, 4.69) is 27.5 Å². The van der Waals surface area contributed by atoms with Gasteiger partial charge in [-0.05, 0) is 48.6 Å². The molecule has 0 aliphatic heterocycles. The number of rotatable bonds is 6. The van der Waals surface area contributed by atoms with Crippen LogP contribution < -0.4 is 0 Å². The molecule has 2 heterocycles. The first-order valence-electron chi connectivity index (χ1n) is 7.77. The molecular formula is C17H18N4S2. The van der Waals surface area contributed by atoms with Crippen LogP contribution in [0.25, 0.3) is 5.69 Å². The topological polar surface area (TPSA) is 26.0 Å². The molecule has 0 bridgehead atoms. The zero-order valence-electron chi connectivity index (χ0n) is 12.7. The van der Waals surface area contributed by atoms with Crippen molar-refractivity contribution in [1.82, 2.24) is 19.2 Å². The Labute approximate surface area is 144 Å². The Morgan fingerprint density at radius 3 is 2.70 bits per heavy atom. The molecule has 0 unspecified atom stereocenters. The van der Waals surface area contributed by atoms with Crippen LogP contribution in [-0.2, 0) is 13.2 Å². The molecule has 6 heteroatoms. The fourth-order valence-corrected chi connectivity index (χ4v) is 3.70. The molecule has 0 N–H and O–H groups in total. The number of aromatic nitrogens is 3. The number of hydrogen-bond acceptors (Lipinski definition) is 4. The number of nitrogens with zero attached hydrogens (tertiary/aromatic N) is 4. The van der Waals surface area contributed by atoms with Gasteiger partial charge in [-0.25, -0.2) is 4.68 Å². The molecule has 1 aliphatic carbocycles. The zero-order valence-corrected chi connectivity index (χ0v) is 14.3. The third kappa shape index (κ3) is 3.29. The van der Waals surface area contributed by atoms with Crippen molar-refractivity contribution < 1.29 is 0 Å². The number of benzene rings is 1. The molecule has 4 nitrogen and oxygen atoms in total. The van der Waals surface area contributed by atoms with Crippen LogP contribution in [0.3, 0.4) is 0 Å². The largest absolute Gasteiger partial charge is 0.276 e. The number of thiophene rings is 1. The van der Waals surface area contributed by atoms with Crippen LogP contribution in [-0.4, -0.2) is 25.3 Å². The minimum atomic E-state index is 0.667. The monoisotopic (exact) mass is 342 g/mol. The van der Waals surface area contributed by atoms with E-state index in [9.17, 15) is 0 Å². The van der Waals surface area contributed by atoms with Crippen LogP contribution in [0.2, 0.25) is 0 Å². The van der Waals surface area contributed by atoms with Crippen LogP contribution in [0.5, 0.6) is 0 Å². The fraction of sp³-hybridized carbons (Fsp3) is 0.294. The second kappa shape index (κ2) is 6.39. The summed E-state index contributed by atoms with van der Waals surface area (Å²) in [7, 11) is 0. The highest BCUT2D eigenvalue weighted by Gasteiger charge is 2.29. The lowest BCUT2D eigenvalue weighted by atomic mass is 10.3. The first kappa shape index (κ1) is 14.8. The van der Waals surface area contributed by atoms with Crippen molar-refractivity contribution in [2.45, 2.75) is 32.1 Å². The van der Waals surface area contributed by atoms with Crippen LogP contribution in [0.4, 0.5) is 0 Å². The summed E-state index contributed by atoms with van der Waals surface area (Å²) in [6.45, 7) is 1.73. The van der Waals surface area contributed by atoms with Crippen molar-refractivity contribution in [2.24, 2.45) is 0 Å². The normalized spacial score (nSPS) is 14.5. The van der Waals surface area contributed by atoms with Gasteiger partial charge in [0.1, 0.15) is 6.33 Å². The molecule has 4 rings (SSSR count). The van der Waals surface area contributed by atoms with Gasteiger partial charge in [-0.1, -0.05) is 24.3 Å². The molecule has 1 aromatic carbocycles. The van der Waals surface area contributed by atoms with E-state index in [0.29, 0.717) is 6.04 Å². The van der Waals surface area contributed by atoms with Crippen molar-refractivity contribution in [3.8, 4) is 5.69 Å². The van der Waals surface area contributed by atoms with Crippen molar-refractivity contribution in [3.05, 3.63) is 63.8 Å². The smallest absolute Gasteiger partial charge is 0.203 e. The predicted octanol–water partition coefficient (Wildman–Crippen LogP) is 4.09. The average molecular weight is 342 g/mol. The van der Waals surface area contributed by atoms with Gasteiger partial charge in [0.2, 0.25) is 4.77 Å². The van der Waals surface area contributed by atoms with E-state index < -0.39 is 0 Å². The minimum absolute atomic E-state index is 0.667. The predicted molar refractivity (Wildman–Crippen MR) is 95.3 cm³/mol. The molecule has 2 aromatic heterocycles. The Bertz CT molecular complexity index is 816. The zero-order chi connectivity index (χ0) is 15.6. The maximum atomic E-state index is 5.62. The number of para-hydroxylation sites is 1. The molecule has 0 radical (unpaired) electrons. The van der Waals surface area contributed by atoms with Gasteiger partial charge >= 0.3 is 0 Å². The Hall–Kier alpha value is -1.76. The van der Waals surface area contributed by atoms with Gasteiger partial charge in [0, 0.05) is 23.2 Å². The van der Waals surface area contributed by atoms with E-state index in [-0.39, 0.29) is 0 Å². The van der Waals surface area contributed by atoms with Gasteiger partial charge in [0.15, 0.2) is 0 Å². The summed E-state index contributed by atoms with van der Waals surface area (Å²) in [5.41, 5.74) is 1.06. The maximum absolute atomic E-state index is 5.62. The second-order valence-corrected chi connectivity index (χ2v) is 7.21. The van der Waals surface area contributed by atoms with Crippen molar-refractivity contribution in [1.29, 1.82) is 0 Å². The average Bonchev–Trinajstić information content (AvgIpc) is 3.19. The molecule has 1 aliphatic rings. The van der Waals surface area contributed by atoms with E-state index in [1.54, 1.807) is 0 Å². The molecule has 23 heavy (non-hydrogen) atoms. The Morgan fingerprint density at radius 1 is 1.17 bits per heavy atom. The third-order valence-corrected chi connectivity index (χ3v) is 5.35. The molecule has 1 fully saturated rings. The summed E-state index contributed by atoms with van der Waals surface area (Å²) in [4.78, 5) is 3.87. The molecule has 1 saturated carbocycles. The quantitative estimate of drug-likeness (QED) is 0.631. The highest BCUT2D eigenvalue weighted by molar-refractivity contribution is 7.71. The van der Waals surface area contributed by atoms with E-state index in [1.807, 2.05) is 57.2 Å². The van der Waals surface area contributed by atoms with E-state index in [1.165, 1.54) is 17.7 Å². The van der Waals surface area contributed by atoms with Crippen molar-refractivity contribution in [3.63, 3.8) is 0 Å².